The van der Waals surface area contributed by atoms with Crippen LogP contribution in [0.1, 0.15) is 59.3 Å². The first-order valence-electron chi connectivity index (χ1n) is 6.97. The molecule has 0 saturated heterocycles. The molecular weight excluding hydrogens is 246 g/mol. The molecule has 5 heteroatoms. The highest BCUT2D eigenvalue weighted by atomic mass is 16.6. The van der Waals surface area contributed by atoms with Crippen molar-refractivity contribution in [3.8, 4) is 0 Å². The summed E-state index contributed by atoms with van der Waals surface area (Å²) >= 11 is 0. The van der Waals surface area contributed by atoms with Crippen molar-refractivity contribution >= 4 is 12.1 Å². The number of hydrogen-bond donors (Lipinski definition) is 2. The first-order chi connectivity index (χ1) is 8.76. The second-order valence-electron chi connectivity index (χ2n) is 6.31. The number of ether oxygens (including phenoxy) is 1. The van der Waals surface area contributed by atoms with Crippen molar-refractivity contribution in [2.45, 2.75) is 70.9 Å². The van der Waals surface area contributed by atoms with Crippen LogP contribution in [-0.4, -0.2) is 28.8 Å². The molecule has 0 aromatic carbocycles. The Morgan fingerprint density at radius 1 is 1.32 bits per heavy atom. The van der Waals surface area contributed by atoms with Gasteiger partial charge in [-0.3, -0.25) is 4.79 Å². The first kappa shape index (κ1) is 15.8. The van der Waals surface area contributed by atoms with Crippen LogP contribution in [0, 0.1) is 5.92 Å². The van der Waals surface area contributed by atoms with E-state index < -0.39 is 11.6 Å². The summed E-state index contributed by atoms with van der Waals surface area (Å²) in [7, 11) is 0. The van der Waals surface area contributed by atoms with Gasteiger partial charge in [-0.05, 0) is 58.8 Å². The molecule has 0 bridgehead atoms. The van der Waals surface area contributed by atoms with Crippen molar-refractivity contribution in [3.05, 3.63) is 0 Å². The lowest BCUT2D eigenvalue weighted by Crippen LogP contribution is -2.37. The fraction of sp³-hybridized carbons (Fsp3) is 0.857. The smallest absolute Gasteiger partial charge is 0.407 e. The zero-order valence-corrected chi connectivity index (χ0v) is 12.1. The predicted octanol–water partition coefficient (Wildman–Crippen LogP) is 2.93. The van der Waals surface area contributed by atoms with Crippen LogP contribution in [0.15, 0.2) is 0 Å². The topological polar surface area (TPSA) is 75.6 Å². The highest BCUT2D eigenvalue weighted by molar-refractivity contribution is 5.68. The maximum atomic E-state index is 11.6. The van der Waals surface area contributed by atoms with Gasteiger partial charge in [-0.1, -0.05) is 0 Å². The minimum atomic E-state index is -0.735. The lowest BCUT2D eigenvalue weighted by atomic mass is 10.0. The maximum Gasteiger partial charge on any atom is 0.407 e. The Morgan fingerprint density at radius 3 is 2.58 bits per heavy atom. The minimum Gasteiger partial charge on any atom is -0.481 e. The van der Waals surface area contributed by atoms with Gasteiger partial charge < -0.3 is 15.2 Å². The van der Waals surface area contributed by atoms with Crippen LogP contribution in [0.4, 0.5) is 4.79 Å². The zero-order chi connectivity index (χ0) is 14.5. The number of hydrogen-bond acceptors (Lipinski definition) is 3. The standard InChI is InChI=1S/C14H25NO4/c1-14(2,3)19-13(18)15-11-8-7-10(9-11)5-4-6-12(16)17/h10-11H,4-9H2,1-3H3,(H,15,18)(H,16,17). The molecule has 1 aliphatic rings. The van der Waals surface area contributed by atoms with Gasteiger partial charge in [0.1, 0.15) is 5.60 Å². The molecule has 0 aliphatic heterocycles. The second-order valence-corrected chi connectivity index (χ2v) is 6.31. The van der Waals surface area contributed by atoms with Crippen LogP contribution in [0.5, 0.6) is 0 Å². The first-order valence-corrected chi connectivity index (χ1v) is 6.97. The number of aliphatic carboxylic acids is 1. The molecule has 1 rings (SSSR count). The average Bonchev–Trinajstić information content (AvgIpc) is 2.61. The Bertz CT molecular complexity index is 322. The van der Waals surface area contributed by atoms with Crippen molar-refractivity contribution < 1.29 is 19.4 Å². The van der Waals surface area contributed by atoms with Gasteiger partial charge in [-0.2, -0.15) is 0 Å². The van der Waals surface area contributed by atoms with Gasteiger partial charge in [0, 0.05) is 12.5 Å². The Morgan fingerprint density at radius 2 is 2.00 bits per heavy atom. The third kappa shape index (κ3) is 7.03. The fourth-order valence-electron chi connectivity index (χ4n) is 2.48. The van der Waals surface area contributed by atoms with E-state index in [1.807, 2.05) is 20.8 Å². The molecule has 1 fully saturated rings. The molecule has 0 aromatic heterocycles. The third-order valence-electron chi connectivity index (χ3n) is 3.27. The van der Waals surface area contributed by atoms with Gasteiger partial charge in [0.05, 0.1) is 0 Å². The molecule has 2 N–H and O–H groups in total. The molecule has 2 unspecified atom stereocenters. The number of carboxylic acids is 1. The SMILES string of the molecule is CC(C)(C)OC(=O)NC1CCC(CCCC(=O)O)C1. The summed E-state index contributed by atoms with van der Waals surface area (Å²) in [5.74, 6) is -0.208. The van der Waals surface area contributed by atoms with E-state index in [9.17, 15) is 9.59 Å². The van der Waals surface area contributed by atoms with E-state index in [1.54, 1.807) is 0 Å². The van der Waals surface area contributed by atoms with Crippen LogP contribution < -0.4 is 5.32 Å². The third-order valence-corrected chi connectivity index (χ3v) is 3.27. The summed E-state index contributed by atoms with van der Waals surface area (Å²) in [4.78, 5) is 22.1. The van der Waals surface area contributed by atoms with Gasteiger partial charge in [-0.15, -0.1) is 0 Å². The Kier molecular flexibility index (Phi) is 5.63. The lowest BCUT2D eigenvalue weighted by Gasteiger charge is -2.21. The number of nitrogens with one attached hydrogen (secondary N) is 1. The van der Waals surface area contributed by atoms with Crippen LogP contribution in [-0.2, 0) is 9.53 Å². The molecule has 2 atom stereocenters. The summed E-state index contributed by atoms with van der Waals surface area (Å²) in [5.41, 5.74) is -0.469. The van der Waals surface area contributed by atoms with E-state index >= 15 is 0 Å². The molecule has 1 amide bonds. The van der Waals surface area contributed by atoms with Crippen LogP contribution in [0.3, 0.4) is 0 Å². The monoisotopic (exact) mass is 271 g/mol. The number of rotatable bonds is 5. The predicted molar refractivity (Wildman–Crippen MR) is 72.0 cm³/mol. The van der Waals surface area contributed by atoms with Gasteiger partial charge in [0.25, 0.3) is 0 Å². The molecular formula is C14H25NO4. The Hall–Kier alpha value is -1.26. The van der Waals surface area contributed by atoms with Crippen molar-refractivity contribution in [1.82, 2.24) is 5.32 Å². The van der Waals surface area contributed by atoms with E-state index in [0.29, 0.717) is 5.92 Å². The molecule has 5 nitrogen and oxygen atoms in total. The molecule has 1 saturated carbocycles. The van der Waals surface area contributed by atoms with E-state index in [-0.39, 0.29) is 18.6 Å². The summed E-state index contributed by atoms with van der Waals surface area (Å²) in [6.07, 6.45) is 4.47. The van der Waals surface area contributed by atoms with E-state index in [2.05, 4.69) is 5.32 Å². The molecule has 19 heavy (non-hydrogen) atoms. The van der Waals surface area contributed by atoms with Crippen LogP contribution in [0.2, 0.25) is 0 Å². The molecule has 1 aliphatic carbocycles. The highest BCUT2D eigenvalue weighted by Gasteiger charge is 2.27. The highest BCUT2D eigenvalue weighted by Crippen LogP contribution is 2.29. The van der Waals surface area contributed by atoms with Gasteiger partial charge in [0.15, 0.2) is 0 Å². The fourth-order valence-corrected chi connectivity index (χ4v) is 2.48. The minimum absolute atomic E-state index is 0.171. The number of amides is 1. The summed E-state index contributed by atoms with van der Waals surface area (Å²) in [6, 6.07) is 0.171. The van der Waals surface area contributed by atoms with Gasteiger partial charge in [0.2, 0.25) is 0 Å². The number of carbonyl (C=O) groups is 2. The van der Waals surface area contributed by atoms with Gasteiger partial charge in [-0.25, -0.2) is 4.79 Å². The van der Waals surface area contributed by atoms with Crippen molar-refractivity contribution in [3.63, 3.8) is 0 Å². The largest absolute Gasteiger partial charge is 0.481 e. The van der Waals surface area contributed by atoms with E-state index in [0.717, 1.165) is 32.1 Å². The quantitative estimate of drug-likeness (QED) is 0.806. The maximum absolute atomic E-state index is 11.6. The number of carboxylic acid groups (broad SMARTS) is 1. The Labute approximate surface area is 114 Å². The molecule has 0 heterocycles. The summed E-state index contributed by atoms with van der Waals surface area (Å²) in [5, 5.41) is 11.5. The van der Waals surface area contributed by atoms with Crippen LogP contribution in [0.25, 0.3) is 0 Å². The molecule has 0 aromatic rings. The molecule has 110 valence electrons. The van der Waals surface area contributed by atoms with E-state index in [4.69, 9.17) is 9.84 Å². The lowest BCUT2D eigenvalue weighted by molar-refractivity contribution is -0.137. The second kappa shape index (κ2) is 6.78. The van der Waals surface area contributed by atoms with Crippen molar-refractivity contribution in [2.75, 3.05) is 0 Å². The summed E-state index contributed by atoms with van der Waals surface area (Å²) < 4.78 is 5.22. The Balaban J connectivity index is 2.21. The molecule has 0 spiro atoms. The van der Waals surface area contributed by atoms with E-state index in [1.165, 1.54) is 0 Å². The van der Waals surface area contributed by atoms with Crippen molar-refractivity contribution in [2.24, 2.45) is 5.92 Å². The number of alkyl carbamates (subject to hydrolysis) is 1. The van der Waals surface area contributed by atoms with Crippen LogP contribution >= 0.6 is 0 Å². The summed E-state index contributed by atoms with van der Waals surface area (Å²) in [6.45, 7) is 5.53. The average molecular weight is 271 g/mol. The normalized spacial score (nSPS) is 23.1. The number of carbonyl (C=O) groups excluding carboxylic acids is 1. The van der Waals surface area contributed by atoms with Gasteiger partial charge >= 0.3 is 12.1 Å². The zero-order valence-electron chi connectivity index (χ0n) is 12.1. The van der Waals surface area contributed by atoms with Crippen molar-refractivity contribution in [1.29, 1.82) is 0 Å². The molecule has 0 radical (unpaired) electrons.